The first-order chi connectivity index (χ1) is 10.5. The van der Waals surface area contributed by atoms with Crippen LogP contribution in [0.25, 0.3) is 0 Å². The second-order valence-electron chi connectivity index (χ2n) is 4.36. The molecule has 8 heteroatoms. The van der Waals surface area contributed by atoms with Crippen molar-refractivity contribution in [3.63, 3.8) is 0 Å². The molecule has 1 heterocycles. The molecule has 0 saturated heterocycles. The number of aromatic nitrogens is 1. The molecule has 0 fully saturated rings. The summed E-state index contributed by atoms with van der Waals surface area (Å²) in [6, 6.07) is 7.34. The summed E-state index contributed by atoms with van der Waals surface area (Å²) in [5.74, 6) is 0.668. The first kappa shape index (κ1) is 16.2. The Bertz CT molecular complexity index is 734. The zero-order valence-corrected chi connectivity index (χ0v) is 12.9. The molecule has 0 aliphatic heterocycles. The van der Waals surface area contributed by atoms with Crippen LogP contribution < -0.4 is 9.47 Å². The normalized spacial score (nSPS) is 11.5. The minimum Gasteiger partial charge on any atom is -0.493 e. The highest BCUT2D eigenvalue weighted by molar-refractivity contribution is 7.89. The van der Waals surface area contributed by atoms with Gasteiger partial charge in [-0.25, -0.2) is 8.42 Å². The Morgan fingerprint density at radius 1 is 1.09 bits per heavy atom. The molecule has 2 rings (SSSR count). The Labute approximate surface area is 128 Å². The lowest BCUT2D eigenvalue weighted by Gasteiger charge is -2.16. The molecular weight excluding hydrogens is 308 g/mol. The maximum absolute atomic E-state index is 12.4. The van der Waals surface area contributed by atoms with E-state index in [1.165, 1.54) is 44.8 Å². The zero-order chi connectivity index (χ0) is 16.2. The molecular formula is C14H16N2O5S. The number of benzene rings is 1. The van der Waals surface area contributed by atoms with Crippen LogP contribution in [-0.2, 0) is 16.6 Å². The van der Waals surface area contributed by atoms with Gasteiger partial charge in [-0.05, 0) is 29.8 Å². The van der Waals surface area contributed by atoms with Gasteiger partial charge in [0.25, 0.3) is 10.0 Å². The van der Waals surface area contributed by atoms with Gasteiger partial charge in [0.1, 0.15) is 0 Å². The number of ether oxygens (including phenoxy) is 2. The standard InChI is InChI=1S/C14H16N2O5S/c1-20-13-4-3-12(9-14(13)21-2)22(18,19)16(17)10-11-5-7-15-8-6-11/h3-9,17H,10H2,1-2H3. The first-order valence-corrected chi connectivity index (χ1v) is 7.75. The molecule has 0 aliphatic rings. The first-order valence-electron chi connectivity index (χ1n) is 6.31. The number of rotatable bonds is 6. The fourth-order valence-corrected chi connectivity index (χ4v) is 2.89. The third-order valence-corrected chi connectivity index (χ3v) is 4.53. The summed E-state index contributed by atoms with van der Waals surface area (Å²) in [6.07, 6.45) is 3.04. The fraction of sp³-hybridized carbons (Fsp3) is 0.214. The van der Waals surface area contributed by atoms with Crippen LogP contribution in [0.4, 0.5) is 0 Å². The molecule has 0 unspecified atom stereocenters. The van der Waals surface area contributed by atoms with Crippen molar-refractivity contribution in [1.82, 2.24) is 9.45 Å². The van der Waals surface area contributed by atoms with E-state index in [9.17, 15) is 13.6 Å². The van der Waals surface area contributed by atoms with Crippen LogP contribution in [0.2, 0.25) is 0 Å². The van der Waals surface area contributed by atoms with Gasteiger partial charge < -0.3 is 9.47 Å². The van der Waals surface area contributed by atoms with Crippen LogP contribution in [0.1, 0.15) is 5.56 Å². The van der Waals surface area contributed by atoms with Gasteiger partial charge in [0, 0.05) is 18.5 Å². The molecule has 0 amide bonds. The summed E-state index contributed by atoms with van der Waals surface area (Å²) in [5.41, 5.74) is 0.613. The summed E-state index contributed by atoms with van der Waals surface area (Å²) < 4.78 is 35.1. The minimum absolute atomic E-state index is 0.0956. The summed E-state index contributed by atoms with van der Waals surface area (Å²) in [5, 5.41) is 9.93. The van der Waals surface area contributed by atoms with Crippen LogP contribution in [0.3, 0.4) is 0 Å². The number of nitrogens with zero attached hydrogens (tertiary/aromatic N) is 2. The smallest absolute Gasteiger partial charge is 0.265 e. The Hall–Kier alpha value is -2.16. The van der Waals surface area contributed by atoms with Crippen molar-refractivity contribution < 1.29 is 23.1 Å². The second-order valence-corrected chi connectivity index (χ2v) is 6.20. The van der Waals surface area contributed by atoms with Crippen molar-refractivity contribution in [3.8, 4) is 11.5 Å². The molecule has 22 heavy (non-hydrogen) atoms. The summed E-state index contributed by atoms with van der Waals surface area (Å²) >= 11 is 0. The predicted molar refractivity (Wildman–Crippen MR) is 78.3 cm³/mol. The highest BCUT2D eigenvalue weighted by Gasteiger charge is 2.24. The van der Waals surface area contributed by atoms with Crippen molar-refractivity contribution in [2.45, 2.75) is 11.4 Å². The van der Waals surface area contributed by atoms with Crippen molar-refractivity contribution in [2.24, 2.45) is 0 Å². The van der Waals surface area contributed by atoms with E-state index in [-0.39, 0.29) is 21.7 Å². The number of pyridine rings is 1. The lowest BCUT2D eigenvalue weighted by atomic mass is 10.3. The van der Waals surface area contributed by atoms with Crippen LogP contribution in [0, 0.1) is 0 Å². The van der Waals surface area contributed by atoms with Gasteiger partial charge in [-0.3, -0.25) is 10.2 Å². The number of hydroxylamine groups is 1. The van der Waals surface area contributed by atoms with E-state index in [1.54, 1.807) is 12.1 Å². The molecule has 0 bridgehead atoms. The molecule has 1 aromatic heterocycles. The van der Waals surface area contributed by atoms with Crippen LogP contribution in [-0.4, -0.2) is 37.3 Å². The maximum Gasteiger partial charge on any atom is 0.265 e. The summed E-state index contributed by atoms with van der Waals surface area (Å²) in [7, 11) is -1.20. The van der Waals surface area contributed by atoms with Crippen molar-refractivity contribution in [2.75, 3.05) is 14.2 Å². The summed E-state index contributed by atoms with van der Waals surface area (Å²) in [4.78, 5) is 3.74. The van der Waals surface area contributed by atoms with Gasteiger partial charge in [0.2, 0.25) is 0 Å². The molecule has 0 aliphatic carbocycles. The lowest BCUT2D eigenvalue weighted by molar-refractivity contribution is -0.00477. The quantitative estimate of drug-likeness (QED) is 0.813. The number of methoxy groups -OCH3 is 2. The van der Waals surface area contributed by atoms with Gasteiger partial charge in [-0.2, -0.15) is 0 Å². The van der Waals surface area contributed by atoms with Gasteiger partial charge in [-0.15, -0.1) is 0 Å². The van der Waals surface area contributed by atoms with Gasteiger partial charge in [0.05, 0.1) is 25.7 Å². The predicted octanol–water partition coefficient (Wildman–Crippen LogP) is 1.68. The Morgan fingerprint density at radius 3 is 2.32 bits per heavy atom. The lowest BCUT2D eigenvalue weighted by Crippen LogP contribution is -2.27. The molecule has 118 valence electrons. The highest BCUT2D eigenvalue weighted by atomic mass is 32.2. The molecule has 0 spiro atoms. The Balaban J connectivity index is 2.29. The molecule has 2 aromatic rings. The topological polar surface area (TPSA) is 89.0 Å². The third kappa shape index (κ3) is 3.35. The van der Waals surface area contributed by atoms with Crippen LogP contribution >= 0.6 is 0 Å². The summed E-state index contributed by atoms with van der Waals surface area (Å²) in [6.45, 7) is -0.181. The van der Waals surface area contributed by atoms with Crippen LogP contribution in [0.15, 0.2) is 47.6 Å². The average Bonchev–Trinajstić information content (AvgIpc) is 2.54. The van der Waals surface area contributed by atoms with Crippen molar-refractivity contribution in [3.05, 3.63) is 48.3 Å². The highest BCUT2D eigenvalue weighted by Crippen LogP contribution is 2.30. The van der Waals surface area contributed by atoms with E-state index in [0.717, 1.165) is 0 Å². The number of hydrogen-bond acceptors (Lipinski definition) is 6. The van der Waals surface area contributed by atoms with E-state index in [4.69, 9.17) is 9.47 Å². The number of hydrogen-bond donors (Lipinski definition) is 1. The Morgan fingerprint density at radius 2 is 1.73 bits per heavy atom. The van der Waals surface area contributed by atoms with Gasteiger partial charge >= 0.3 is 0 Å². The SMILES string of the molecule is COc1ccc(S(=O)(=O)N(O)Cc2ccncc2)cc1OC. The largest absolute Gasteiger partial charge is 0.493 e. The van der Waals surface area contributed by atoms with E-state index in [0.29, 0.717) is 11.3 Å². The van der Waals surface area contributed by atoms with E-state index in [1.807, 2.05) is 0 Å². The van der Waals surface area contributed by atoms with Gasteiger partial charge in [-0.1, -0.05) is 4.47 Å². The second kappa shape index (κ2) is 6.73. The maximum atomic E-state index is 12.4. The minimum atomic E-state index is -4.06. The fourth-order valence-electron chi connectivity index (χ4n) is 1.83. The van der Waals surface area contributed by atoms with Crippen molar-refractivity contribution >= 4 is 10.0 Å². The number of sulfonamides is 1. The molecule has 7 nitrogen and oxygen atoms in total. The van der Waals surface area contributed by atoms with Gasteiger partial charge in [0.15, 0.2) is 11.5 Å². The van der Waals surface area contributed by atoms with E-state index < -0.39 is 10.0 Å². The van der Waals surface area contributed by atoms with Crippen LogP contribution in [0.5, 0.6) is 11.5 Å². The molecule has 0 atom stereocenters. The average molecular weight is 324 g/mol. The zero-order valence-electron chi connectivity index (χ0n) is 12.1. The Kier molecular flexibility index (Phi) is 4.96. The monoisotopic (exact) mass is 324 g/mol. The van der Waals surface area contributed by atoms with E-state index >= 15 is 0 Å². The van der Waals surface area contributed by atoms with Crippen molar-refractivity contribution in [1.29, 1.82) is 0 Å². The van der Waals surface area contributed by atoms with E-state index in [2.05, 4.69) is 4.98 Å². The molecule has 1 aromatic carbocycles. The molecule has 1 N–H and O–H groups in total. The molecule has 0 saturated carbocycles. The third-order valence-electron chi connectivity index (χ3n) is 3.00. The molecule has 0 radical (unpaired) electrons.